The number of nitrogens with zero attached hydrogens (tertiary/aromatic N) is 2. The fourth-order valence-corrected chi connectivity index (χ4v) is 4.67. The van der Waals surface area contributed by atoms with Gasteiger partial charge in [-0.1, -0.05) is 0 Å². The summed E-state index contributed by atoms with van der Waals surface area (Å²) in [5.41, 5.74) is 0. The Morgan fingerprint density at radius 2 is 1.75 bits per heavy atom. The molecule has 0 radical (unpaired) electrons. The van der Waals surface area contributed by atoms with E-state index in [1.165, 1.54) is 24.3 Å². The summed E-state index contributed by atoms with van der Waals surface area (Å²) in [6.45, 7) is 3.25. The van der Waals surface area contributed by atoms with Crippen molar-refractivity contribution in [3.05, 3.63) is 24.3 Å². The molecule has 0 spiro atoms. The van der Waals surface area contributed by atoms with E-state index < -0.39 is 10.0 Å². The summed E-state index contributed by atoms with van der Waals surface area (Å²) in [6.07, 6.45) is 3.13. The Bertz CT molecular complexity index is 571. The van der Waals surface area contributed by atoms with Crippen LogP contribution in [0.15, 0.2) is 29.2 Å². The molecule has 2 heterocycles. The summed E-state index contributed by atoms with van der Waals surface area (Å²) in [5, 5.41) is 9.29. The second-order valence-electron chi connectivity index (χ2n) is 5.54. The first-order chi connectivity index (χ1) is 9.57. The van der Waals surface area contributed by atoms with Crippen molar-refractivity contribution in [3.63, 3.8) is 0 Å². The van der Waals surface area contributed by atoms with Crippen molar-refractivity contribution in [2.75, 3.05) is 26.2 Å². The molecule has 1 N–H and O–H groups in total. The molecule has 2 fully saturated rings. The lowest BCUT2D eigenvalue weighted by atomic mass is 10.2. The fraction of sp³-hybridized carbons (Fsp3) is 0.571. The lowest BCUT2D eigenvalue weighted by Crippen LogP contribution is -2.39. The van der Waals surface area contributed by atoms with E-state index >= 15 is 0 Å². The van der Waals surface area contributed by atoms with Gasteiger partial charge in [-0.3, -0.25) is 4.90 Å². The first-order valence-corrected chi connectivity index (χ1v) is 8.54. The molecule has 3 rings (SSSR count). The average molecular weight is 296 g/mol. The standard InChI is InChI=1S/C14H20N2O3S/c17-13-4-6-14(7-5-13)20(18,19)16-10-2-9-15-8-1-3-12(15)11-16/h4-7,12,17H,1-3,8-11H2. The number of hydrogen-bond acceptors (Lipinski definition) is 4. The number of rotatable bonds is 2. The molecule has 2 aliphatic heterocycles. The number of benzene rings is 1. The molecule has 1 atom stereocenters. The summed E-state index contributed by atoms with van der Waals surface area (Å²) in [6, 6.07) is 6.16. The highest BCUT2D eigenvalue weighted by Gasteiger charge is 2.34. The minimum atomic E-state index is -3.45. The van der Waals surface area contributed by atoms with Gasteiger partial charge in [-0.25, -0.2) is 8.42 Å². The Hall–Kier alpha value is -1.11. The van der Waals surface area contributed by atoms with Crippen molar-refractivity contribution in [1.82, 2.24) is 9.21 Å². The highest BCUT2D eigenvalue weighted by atomic mass is 32.2. The van der Waals surface area contributed by atoms with Gasteiger partial charge in [0.25, 0.3) is 0 Å². The van der Waals surface area contributed by atoms with E-state index in [1.807, 2.05) is 0 Å². The van der Waals surface area contributed by atoms with Gasteiger partial charge in [0.1, 0.15) is 5.75 Å². The van der Waals surface area contributed by atoms with Gasteiger partial charge in [0.2, 0.25) is 10.0 Å². The van der Waals surface area contributed by atoms with Crippen LogP contribution < -0.4 is 0 Å². The van der Waals surface area contributed by atoms with Gasteiger partial charge in [0, 0.05) is 19.1 Å². The highest BCUT2D eigenvalue weighted by Crippen LogP contribution is 2.26. The van der Waals surface area contributed by atoms with Crippen molar-refractivity contribution < 1.29 is 13.5 Å². The molecule has 0 bridgehead atoms. The second-order valence-corrected chi connectivity index (χ2v) is 7.48. The van der Waals surface area contributed by atoms with Crippen LogP contribution in [-0.2, 0) is 10.0 Å². The predicted molar refractivity (Wildman–Crippen MR) is 76.1 cm³/mol. The lowest BCUT2D eigenvalue weighted by molar-refractivity contribution is 0.257. The Labute approximate surface area is 119 Å². The molecule has 2 saturated heterocycles. The van der Waals surface area contributed by atoms with Crippen LogP contribution in [0.25, 0.3) is 0 Å². The van der Waals surface area contributed by atoms with Crippen molar-refractivity contribution >= 4 is 10.0 Å². The van der Waals surface area contributed by atoms with Crippen LogP contribution >= 0.6 is 0 Å². The first kappa shape index (κ1) is 13.9. The molecule has 0 amide bonds. The molecular weight excluding hydrogens is 276 g/mol. The molecule has 1 aromatic carbocycles. The van der Waals surface area contributed by atoms with Crippen LogP contribution in [0.5, 0.6) is 5.75 Å². The zero-order chi connectivity index (χ0) is 14.2. The number of hydrogen-bond donors (Lipinski definition) is 1. The van der Waals surface area contributed by atoms with Crippen LogP contribution in [0.3, 0.4) is 0 Å². The molecule has 5 nitrogen and oxygen atoms in total. The third-order valence-corrected chi connectivity index (χ3v) is 6.12. The van der Waals surface area contributed by atoms with Gasteiger partial charge in [-0.05, 0) is 56.6 Å². The van der Waals surface area contributed by atoms with Crippen LogP contribution in [0, 0.1) is 0 Å². The van der Waals surface area contributed by atoms with Crippen LogP contribution in [0.1, 0.15) is 19.3 Å². The van der Waals surface area contributed by atoms with Gasteiger partial charge in [0.15, 0.2) is 0 Å². The van der Waals surface area contributed by atoms with Gasteiger partial charge >= 0.3 is 0 Å². The third-order valence-electron chi connectivity index (χ3n) is 4.24. The Morgan fingerprint density at radius 3 is 2.50 bits per heavy atom. The maximum Gasteiger partial charge on any atom is 0.243 e. The highest BCUT2D eigenvalue weighted by molar-refractivity contribution is 7.89. The zero-order valence-electron chi connectivity index (χ0n) is 11.4. The van der Waals surface area contributed by atoms with Crippen LogP contribution in [0.4, 0.5) is 0 Å². The van der Waals surface area contributed by atoms with Crippen molar-refractivity contribution in [2.24, 2.45) is 0 Å². The maximum atomic E-state index is 12.7. The summed E-state index contributed by atoms with van der Waals surface area (Å²) in [5.74, 6) is 0.0850. The normalized spacial score (nSPS) is 25.3. The third kappa shape index (κ3) is 2.55. The number of phenolic OH excluding ortho intramolecular Hbond substituents is 1. The molecule has 20 heavy (non-hydrogen) atoms. The van der Waals surface area contributed by atoms with E-state index in [4.69, 9.17) is 0 Å². The Balaban J connectivity index is 1.84. The quantitative estimate of drug-likeness (QED) is 0.892. The molecule has 6 heteroatoms. The minimum absolute atomic E-state index is 0.0850. The molecule has 1 aromatic rings. The molecule has 2 aliphatic rings. The topological polar surface area (TPSA) is 60.9 Å². The summed E-state index contributed by atoms with van der Waals surface area (Å²) in [4.78, 5) is 2.67. The van der Waals surface area contributed by atoms with E-state index in [-0.39, 0.29) is 10.6 Å². The average Bonchev–Trinajstić information content (AvgIpc) is 2.76. The van der Waals surface area contributed by atoms with Gasteiger partial charge in [0.05, 0.1) is 4.90 Å². The molecule has 0 aromatic heterocycles. The van der Waals surface area contributed by atoms with E-state index in [2.05, 4.69) is 4.90 Å². The summed E-state index contributed by atoms with van der Waals surface area (Å²) < 4.78 is 26.9. The van der Waals surface area contributed by atoms with E-state index in [1.54, 1.807) is 4.31 Å². The van der Waals surface area contributed by atoms with Gasteiger partial charge in [-0.15, -0.1) is 0 Å². The number of phenols is 1. The second kappa shape index (κ2) is 5.35. The van der Waals surface area contributed by atoms with E-state index in [0.29, 0.717) is 19.1 Å². The molecular formula is C14H20N2O3S. The number of fused-ring (bicyclic) bond motifs is 1. The smallest absolute Gasteiger partial charge is 0.243 e. The number of sulfonamides is 1. The zero-order valence-corrected chi connectivity index (χ0v) is 12.2. The van der Waals surface area contributed by atoms with Crippen LogP contribution in [0.2, 0.25) is 0 Å². The Morgan fingerprint density at radius 1 is 1.05 bits per heavy atom. The monoisotopic (exact) mass is 296 g/mol. The largest absolute Gasteiger partial charge is 0.508 e. The SMILES string of the molecule is O=S(=O)(c1ccc(O)cc1)N1CCCN2CCCC2C1. The van der Waals surface area contributed by atoms with Crippen molar-refractivity contribution in [3.8, 4) is 5.75 Å². The lowest BCUT2D eigenvalue weighted by Gasteiger charge is -2.25. The van der Waals surface area contributed by atoms with Crippen molar-refractivity contribution in [2.45, 2.75) is 30.2 Å². The number of aromatic hydroxyl groups is 1. The molecule has 1 unspecified atom stereocenters. The van der Waals surface area contributed by atoms with Gasteiger partial charge < -0.3 is 5.11 Å². The predicted octanol–water partition coefficient (Wildman–Crippen LogP) is 1.25. The first-order valence-electron chi connectivity index (χ1n) is 7.10. The van der Waals surface area contributed by atoms with E-state index in [0.717, 1.165) is 32.4 Å². The molecule has 0 aliphatic carbocycles. The van der Waals surface area contributed by atoms with E-state index in [9.17, 15) is 13.5 Å². The van der Waals surface area contributed by atoms with Crippen LogP contribution in [-0.4, -0.2) is 55.0 Å². The summed E-state index contributed by atoms with van der Waals surface area (Å²) >= 11 is 0. The van der Waals surface area contributed by atoms with Gasteiger partial charge in [-0.2, -0.15) is 4.31 Å². The van der Waals surface area contributed by atoms with Crippen molar-refractivity contribution in [1.29, 1.82) is 0 Å². The molecule has 110 valence electrons. The minimum Gasteiger partial charge on any atom is -0.508 e. The maximum absolute atomic E-state index is 12.7. The molecule has 0 saturated carbocycles. The fourth-order valence-electron chi connectivity index (χ4n) is 3.16. The summed E-state index contributed by atoms with van der Waals surface area (Å²) in [7, 11) is -3.45. The Kier molecular flexibility index (Phi) is 3.70.